The summed E-state index contributed by atoms with van der Waals surface area (Å²) in [5, 5.41) is -0.121. The molecule has 22 heavy (non-hydrogen) atoms. The highest BCUT2D eigenvalue weighted by Crippen LogP contribution is 2.28. The van der Waals surface area contributed by atoms with Crippen molar-refractivity contribution in [3.63, 3.8) is 0 Å². The molecular formula is C16H24N2O3S. The number of benzene rings is 1. The number of nitrogens with zero attached hydrogens (tertiary/aromatic N) is 1. The third-order valence-electron chi connectivity index (χ3n) is 4.45. The van der Waals surface area contributed by atoms with E-state index in [1.807, 2.05) is 12.1 Å². The fourth-order valence-electron chi connectivity index (χ4n) is 2.90. The molecule has 2 fully saturated rings. The third-order valence-corrected chi connectivity index (χ3v) is 6.46. The first kappa shape index (κ1) is 15.8. The van der Waals surface area contributed by atoms with E-state index in [1.54, 1.807) is 7.11 Å². The maximum absolute atomic E-state index is 12.0. The molecule has 3 rings (SSSR count). The van der Waals surface area contributed by atoms with Gasteiger partial charge in [-0.2, -0.15) is 0 Å². The summed E-state index contributed by atoms with van der Waals surface area (Å²) in [6.45, 7) is 2.78. The largest absolute Gasteiger partial charge is 0.497 e. The number of rotatable bonds is 6. The Kier molecular flexibility index (Phi) is 4.70. The number of hydrogen-bond acceptors (Lipinski definition) is 4. The summed E-state index contributed by atoms with van der Waals surface area (Å²) in [5.41, 5.74) is 1.26. The first-order chi connectivity index (χ1) is 10.6. The van der Waals surface area contributed by atoms with E-state index in [0.717, 1.165) is 51.1 Å². The zero-order valence-corrected chi connectivity index (χ0v) is 13.8. The molecule has 1 aliphatic heterocycles. The second kappa shape index (κ2) is 6.56. The summed E-state index contributed by atoms with van der Waals surface area (Å²) in [6.07, 6.45) is 3.43. The third kappa shape index (κ3) is 4.00. The van der Waals surface area contributed by atoms with Crippen molar-refractivity contribution in [2.45, 2.75) is 43.5 Å². The van der Waals surface area contributed by atoms with Crippen molar-refractivity contribution in [2.75, 3.05) is 20.2 Å². The Hall–Kier alpha value is -1.11. The van der Waals surface area contributed by atoms with Crippen LogP contribution < -0.4 is 9.46 Å². The molecule has 0 aromatic heterocycles. The topological polar surface area (TPSA) is 58.6 Å². The molecule has 1 aromatic carbocycles. The molecule has 0 radical (unpaired) electrons. The van der Waals surface area contributed by atoms with Gasteiger partial charge >= 0.3 is 0 Å². The summed E-state index contributed by atoms with van der Waals surface area (Å²) in [7, 11) is -1.38. The zero-order chi connectivity index (χ0) is 15.6. The number of methoxy groups -OCH3 is 1. The molecule has 6 heteroatoms. The Labute approximate surface area is 132 Å². The van der Waals surface area contributed by atoms with Crippen LogP contribution in [0.2, 0.25) is 0 Å². The van der Waals surface area contributed by atoms with Gasteiger partial charge in [0.15, 0.2) is 0 Å². The van der Waals surface area contributed by atoms with Crippen molar-refractivity contribution in [3.05, 3.63) is 29.8 Å². The minimum absolute atomic E-state index is 0.109. The lowest BCUT2D eigenvalue weighted by atomic mass is 10.1. The van der Waals surface area contributed by atoms with Crippen LogP contribution >= 0.6 is 0 Å². The molecule has 5 nitrogen and oxygen atoms in total. The van der Waals surface area contributed by atoms with E-state index in [2.05, 4.69) is 21.8 Å². The van der Waals surface area contributed by atoms with E-state index in [0.29, 0.717) is 0 Å². The highest BCUT2D eigenvalue weighted by molar-refractivity contribution is 7.90. The molecule has 0 spiro atoms. The van der Waals surface area contributed by atoms with Gasteiger partial charge in [-0.3, -0.25) is 4.90 Å². The van der Waals surface area contributed by atoms with Crippen LogP contribution in [0, 0.1) is 0 Å². The quantitative estimate of drug-likeness (QED) is 0.866. The van der Waals surface area contributed by atoms with Gasteiger partial charge in [0.05, 0.1) is 12.4 Å². The molecule has 1 saturated heterocycles. The maximum Gasteiger partial charge on any atom is 0.214 e. The van der Waals surface area contributed by atoms with E-state index < -0.39 is 10.0 Å². The van der Waals surface area contributed by atoms with Crippen LogP contribution in [-0.4, -0.2) is 44.8 Å². The smallest absolute Gasteiger partial charge is 0.214 e. The molecule has 1 saturated carbocycles. The first-order valence-electron chi connectivity index (χ1n) is 7.93. The lowest BCUT2D eigenvalue weighted by Gasteiger charge is -2.32. The van der Waals surface area contributed by atoms with Gasteiger partial charge in [-0.15, -0.1) is 0 Å². The Morgan fingerprint density at radius 2 is 1.77 bits per heavy atom. The molecule has 0 amide bonds. The number of likely N-dealkylation sites (tertiary alicyclic amines) is 1. The fraction of sp³-hybridized carbons (Fsp3) is 0.625. The molecule has 0 atom stereocenters. The van der Waals surface area contributed by atoms with E-state index in [1.165, 1.54) is 5.56 Å². The highest BCUT2D eigenvalue weighted by Gasteiger charge is 2.37. The van der Waals surface area contributed by atoms with Crippen molar-refractivity contribution in [1.29, 1.82) is 0 Å². The number of piperidine rings is 1. The summed E-state index contributed by atoms with van der Waals surface area (Å²) in [6, 6.07) is 8.23. The normalized spacial score (nSPS) is 21.0. The molecule has 122 valence electrons. The van der Waals surface area contributed by atoms with Gasteiger partial charge < -0.3 is 4.74 Å². The maximum atomic E-state index is 12.0. The van der Waals surface area contributed by atoms with Gasteiger partial charge in [-0.1, -0.05) is 12.1 Å². The monoisotopic (exact) mass is 324 g/mol. The van der Waals surface area contributed by atoms with Crippen molar-refractivity contribution in [3.8, 4) is 5.75 Å². The number of hydrogen-bond donors (Lipinski definition) is 1. The molecular weight excluding hydrogens is 300 g/mol. The van der Waals surface area contributed by atoms with Crippen molar-refractivity contribution in [1.82, 2.24) is 9.62 Å². The average molecular weight is 324 g/mol. The molecule has 0 unspecified atom stereocenters. The van der Waals surface area contributed by atoms with Gasteiger partial charge in [0.25, 0.3) is 0 Å². The molecule has 1 aliphatic carbocycles. The van der Waals surface area contributed by atoms with Gasteiger partial charge in [-0.05, 0) is 43.4 Å². The fourth-order valence-corrected chi connectivity index (χ4v) is 4.55. The van der Waals surface area contributed by atoms with Crippen LogP contribution in [0.25, 0.3) is 0 Å². The molecule has 1 aromatic rings. The number of sulfonamides is 1. The van der Waals surface area contributed by atoms with Crippen LogP contribution in [-0.2, 0) is 16.6 Å². The van der Waals surface area contributed by atoms with Gasteiger partial charge in [0.2, 0.25) is 10.0 Å². The van der Waals surface area contributed by atoms with Crippen molar-refractivity contribution < 1.29 is 13.2 Å². The van der Waals surface area contributed by atoms with E-state index >= 15 is 0 Å². The Morgan fingerprint density at radius 1 is 1.14 bits per heavy atom. The SMILES string of the molecule is COc1ccc(CN2CCC(NS(=O)(=O)C3CC3)CC2)cc1. The van der Waals surface area contributed by atoms with Crippen LogP contribution in [0.4, 0.5) is 0 Å². The highest BCUT2D eigenvalue weighted by atomic mass is 32.2. The summed E-state index contributed by atoms with van der Waals surface area (Å²) >= 11 is 0. The standard InChI is InChI=1S/C16H24N2O3S/c1-21-15-4-2-13(3-5-15)12-18-10-8-14(9-11-18)17-22(19,20)16-6-7-16/h2-5,14,16-17H,6-12H2,1H3. The molecule has 0 bridgehead atoms. The van der Waals surface area contributed by atoms with Crippen molar-refractivity contribution in [2.24, 2.45) is 0 Å². The van der Waals surface area contributed by atoms with E-state index in [4.69, 9.17) is 4.74 Å². The minimum atomic E-state index is -3.05. The minimum Gasteiger partial charge on any atom is -0.497 e. The van der Waals surface area contributed by atoms with Gasteiger partial charge in [-0.25, -0.2) is 13.1 Å². The van der Waals surface area contributed by atoms with Crippen molar-refractivity contribution >= 4 is 10.0 Å². The van der Waals surface area contributed by atoms with Crippen LogP contribution in [0.15, 0.2) is 24.3 Å². The van der Waals surface area contributed by atoms with Crippen LogP contribution in [0.3, 0.4) is 0 Å². The summed E-state index contributed by atoms with van der Waals surface area (Å²) in [4.78, 5) is 2.38. The lowest BCUT2D eigenvalue weighted by molar-refractivity contribution is 0.200. The molecule has 1 heterocycles. The predicted molar refractivity (Wildman–Crippen MR) is 86.4 cm³/mol. The second-order valence-electron chi connectivity index (χ2n) is 6.26. The Bertz CT molecular complexity index is 588. The zero-order valence-electron chi connectivity index (χ0n) is 13.0. The summed E-state index contributed by atoms with van der Waals surface area (Å²) in [5.74, 6) is 0.872. The van der Waals surface area contributed by atoms with Crippen LogP contribution in [0.1, 0.15) is 31.2 Å². The summed E-state index contributed by atoms with van der Waals surface area (Å²) < 4.78 is 32.0. The van der Waals surface area contributed by atoms with E-state index in [-0.39, 0.29) is 11.3 Å². The lowest BCUT2D eigenvalue weighted by Crippen LogP contribution is -2.45. The number of ether oxygens (including phenoxy) is 1. The number of nitrogens with one attached hydrogen (secondary N) is 1. The predicted octanol–water partition coefficient (Wildman–Crippen LogP) is 1.74. The van der Waals surface area contributed by atoms with Crippen LogP contribution in [0.5, 0.6) is 5.75 Å². The van der Waals surface area contributed by atoms with Gasteiger partial charge in [0.1, 0.15) is 5.75 Å². The van der Waals surface area contributed by atoms with E-state index in [9.17, 15) is 8.42 Å². The second-order valence-corrected chi connectivity index (χ2v) is 8.25. The molecule has 1 N–H and O–H groups in total. The molecule has 2 aliphatic rings. The first-order valence-corrected chi connectivity index (χ1v) is 9.48. The Morgan fingerprint density at radius 3 is 2.32 bits per heavy atom. The average Bonchev–Trinajstić information content (AvgIpc) is 3.35. The Balaban J connectivity index is 1.46. The van der Waals surface area contributed by atoms with Gasteiger partial charge in [0, 0.05) is 25.7 Å².